The number of phenols is 2. The second-order valence-electron chi connectivity index (χ2n) is 8.52. The molecule has 1 heterocycles. The van der Waals surface area contributed by atoms with E-state index >= 15 is 0 Å². The first-order valence-corrected chi connectivity index (χ1v) is 10.7. The molecule has 1 aromatic rings. The average Bonchev–Trinajstić information content (AvgIpc) is 3.01. The number of phenolic OH excluding ortho intramolecular Hbond substituents is 2. The summed E-state index contributed by atoms with van der Waals surface area (Å²) in [7, 11) is 0. The second-order valence-corrected chi connectivity index (χ2v) is 8.52. The van der Waals surface area contributed by atoms with Gasteiger partial charge in [-0.2, -0.15) is 0 Å². The molecular weight excluding hydrogens is 430 g/mol. The van der Waals surface area contributed by atoms with Crippen molar-refractivity contribution in [2.75, 3.05) is 6.54 Å². The Morgan fingerprint density at radius 3 is 2.36 bits per heavy atom. The Bertz CT molecular complexity index is 1140. The molecule has 1 aromatic carbocycles. The van der Waals surface area contributed by atoms with Crippen LogP contribution in [0.1, 0.15) is 67.9 Å². The van der Waals surface area contributed by atoms with Crippen molar-refractivity contribution in [3.05, 3.63) is 39.8 Å². The van der Waals surface area contributed by atoms with Gasteiger partial charge in [-0.05, 0) is 40.5 Å². The van der Waals surface area contributed by atoms with Gasteiger partial charge in [-0.1, -0.05) is 6.42 Å². The van der Waals surface area contributed by atoms with Crippen molar-refractivity contribution in [2.45, 2.75) is 58.8 Å². The van der Waals surface area contributed by atoms with Crippen LogP contribution in [0.25, 0.3) is 0 Å². The van der Waals surface area contributed by atoms with Crippen LogP contribution in [0.2, 0.25) is 0 Å². The summed E-state index contributed by atoms with van der Waals surface area (Å²) in [6.45, 7) is 6.22. The quantitative estimate of drug-likeness (QED) is 0.200. The van der Waals surface area contributed by atoms with Crippen molar-refractivity contribution in [3.8, 4) is 17.2 Å². The maximum Gasteiger partial charge on any atom is 0.303 e. The first kappa shape index (κ1) is 24.0. The SMILES string of the molecule is CC(=O)c1c(O)c(C)c(O)c2c1OC1=CC(=O)/C(=C(/C)NCCCCCC(=O)O)C(=O)[C@]12C. The predicted molar refractivity (Wildman–Crippen MR) is 117 cm³/mol. The maximum atomic E-state index is 13.6. The molecule has 0 bridgehead atoms. The molecular formula is C24H27NO8. The minimum Gasteiger partial charge on any atom is -0.507 e. The third-order valence-corrected chi connectivity index (χ3v) is 6.22. The molecule has 1 aliphatic carbocycles. The first-order valence-electron chi connectivity index (χ1n) is 10.7. The summed E-state index contributed by atoms with van der Waals surface area (Å²) in [6, 6.07) is 0. The molecule has 0 saturated heterocycles. The summed E-state index contributed by atoms with van der Waals surface area (Å²) in [4.78, 5) is 49.2. The van der Waals surface area contributed by atoms with Crippen molar-refractivity contribution >= 4 is 23.3 Å². The molecule has 0 radical (unpaired) electrons. The summed E-state index contributed by atoms with van der Waals surface area (Å²) in [5, 5.41) is 32.9. The number of hydrogen-bond acceptors (Lipinski definition) is 8. The van der Waals surface area contributed by atoms with E-state index in [0.29, 0.717) is 31.5 Å². The van der Waals surface area contributed by atoms with Crippen LogP contribution < -0.4 is 10.1 Å². The molecule has 0 unspecified atom stereocenters. The van der Waals surface area contributed by atoms with Gasteiger partial charge in [-0.3, -0.25) is 19.2 Å². The van der Waals surface area contributed by atoms with E-state index in [1.807, 2.05) is 0 Å². The van der Waals surface area contributed by atoms with E-state index in [9.17, 15) is 29.4 Å². The Morgan fingerprint density at radius 1 is 1.09 bits per heavy atom. The number of rotatable bonds is 8. The van der Waals surface area contributed by atoms with Gasteiger partial charge in [0.15, 0.2) is 17.3 Å². The van der Waals surface area contributed by atoms with Crippen LogP contribution in [0, 0.1) is 6.92 Å². The molecule has 33 heavy (non-hydrogen) atoms. The lowest BCUT2D eigenvalue weighted by Gasteiger charge is -2.29. The van der Waals surface area contributed by atoms with Crippen molar-refractivity contribution in [3.63, 3.8) is 0 Å². The molecule has 4 N–H and O–H groups in total. The fourth-order valence-corrected chi connectivity index (χ4v) is 4.30. The van der Waals surface area contributed by atoms with E-state index in [0.717, 1.165) is 0 Å². The van der Waals surface area contributed by atoms with Crippen LogP contribution >= 0.6 is 0 Å². The first-order chi connectivity index (χ1) is 15.4. The number of allylic oxidation sites excluding steroid dienone is 4. The van der Waals surface area contributed by atoms with Crippen LogP contribution in [-0.2, 0) is 19.8 Å². The van der Waals surface area contributed by atoms with Crippen LogP contribution in [0.3, 0.4) is 0 Å². The summed E-state index contributed by atoms with van der Waals surface area (Å²) < 4.78 is 5.72. The standard InChI is InChI=1S/C24H27NO8/c1-11-20(30)18(13(3)26)22-19(21(11)31)24(4)15(33-22)10-14(27)17(23(24)32)12(2)25-9-7-5-6-8-16(28)29/h10,25,30-31H,5-9H2,1-4H3,(H,28,29)/b17-12+/t24-/m1/s1. The monoisotopic (exact) mass is 457 g/mol. The zero-order valence-corrected chi connectivity index (χ0v) is 19.0. The maximum absolute atomic E-state index is 13.6. The number of hydrogen-bond donors (Lipinski definition) is 4. The number of ketones is 3. The minimum atomic E-state index is -1.55. The lowest BCUT2D eigenvalue weighted by molar-refractivity contribution is -0.137. The van der Waals surface area contributed by atoms with Crippen molar-refractivity contribution in [1.29, 1.82) is 0 Å². The summed E-state index contributed by atoms with van der Waals surface area (Å²) in [5.74, 6) is -3.46. The summed E-state index contributed by atoms with van der Waals surface area (Å²) >= 11 is 0. The van der Waals surface area contributed by atoms with Gasteiger partial charge in [-0.15, -0.1) is 0 Å². The van der Waals surface area contributed by atoms with E-state index in [-0.39, 0.29) is 45.9 Å². The molecule has 1 atom stereocenters. The number of ether oxygens (including phenoxy) is 1. The van der Waals surface area contributed by atoms with Gasteiger partial charge in [0.2, 0.25) is 0 Å². The zero-order chi connectivity index (χ0) is 24.7. The van der Waals surface area contributed by atoms with Gasteiger partial charge in [0.05, 0.1) is 11.1 Å². The van der Waals surface area contributed by atoms with Gasteiger partial charge in [0.1, 0.15) is 34.0 Å². The average molecular weight is 457 g/mol. The summed E-state index contributed by atoms with van der Waals surface area (Å²) in [5.41, 5.74) is -1.34. The third kappa shape index (κ3) is 3.88. The number of aromatic hydroxyl groups is 2. The number of aliphatic carboxylic acids is 1. The van der Waals surface area contributed by atoms with Crippen molar-refractivity contribution in [1.82, 2.24) is 5.32 Å². The number of carboxylic acid groups (broad SMARTS) is 1. The van der Waals surface area contributed by atoms with E-state index in [1.54, 1.807) is 6.92 Å². The molecule has 0 fully saturated rings. The van der Waals surface area contributed by atoms with Crippen LogP contribution in [0.15, 0.2) is 23.1 Å². The Kier molecular flexibility index (Phi) is 6.35. The topological polar surface area (TPSA) is 150 Å². The number of carbonyl (C=O) groups is 4. The molecule has 9 heteroatoms. The highest BCUT2D eigenvalue weighted by molar-refractivity contribution is 6.31. The van der Waals surface area contributed by atoms with E-state index < -0.39 is 34.5 Å². The number of nitrogens with one attached hydrogen (secondary N) is 1. The van der Waals surface area contributed by atoms with Gasteiger partial charge >= 0.3 is 5.97 Å². The molecule has 0 amide bonds. The third-order valence-electron chi connectivity index (χ3n) is 6.22. The smallest absolute Gasteiger partial charge is 0.303 e. The highest BCUT2D eigenvalue weighted by atomic mass is 16.5. The van der Waals surface area contributed by atoms with Crippen molar-refractivity contribution < 1.29 is 39.2 Å². The van der Waals surface area contributed by atoms with Crippen LogP contribution in [0.5, 0.6) is 17.2 Å². The number of carboxylic acids is 1. The predicted octanol–water partition coefficient (Wildman–Crippen LogP) is 2.80. The number of fused-ring (bicyclic) bond motifs is 3. The highest BCUT2D eigenvalue weighted by Gasteiger charge is 2.56. The lowest BCUT2D eigenvalue weighted by atomic mass is 9.70. The van der Waals surface area contributed by atoms with Gasteiger partial charge in [-0.25, -0.2) is 0 Å². The highest BCUT2D eigenvalue weighted by Crippen LogP contribution is 2.57. The molecule has 0 aromatic heterocycles. The molecule has 2 aliphatic rings. The molecule has 0 spiro atoms. The Hall–Kier alpha value is -3.62. The minimum absolute atomic E-state index is 0.0134. The van der Waals surface area contributed by atoms with Gasteiger partial charge in [0, 0.05) is 30.3 Å². The normalized spacial score (nSPS) is 20.5. The zero-order valence-electron chi connectivity index (χ0n) is 19.0. The number of unbranched alkanes of at least 4 members (excludes halogenated alkanes) is 2. The largest absolute Gasteiger partial charge is 0.507 e. The van der Waals surface area contributed by atoms with Crippen LogP contribution in [0.4, 0.5) is 0 Å². The van der Waals surface area contributed by atoms with Gasteiger partial charge < -0.3 is 25.4 Å². The molecule has 1 aliphatic heterocycles. The molecule has 9 nitrogen and oxygen atoms in total. The summed E-state index contributed by atoms with van der Waals surface area (Å²) in [6.07, 6.45) is 3.13. The Morgan fingerprint density at radius 2 is 1.76 bits per heavy atom. The van der Waals surface area contributed by atoms with E-state index in [4.69, 9.17) is 9.84 Å². The fraction of sp³-hybridized carbons (Fsp3) is 0.417. The Labute approximate surface area is 190 Å². The van der Waals surface area contributed by atoms with Crippen molar-refractivity contribution in [2.24, 2.45) is 0 Å². The Balaban J connectivity index is 1.98. The lowest BCUT2D eigenvalue weighted by Crippen LogP contribution is -2.41. The molecule has 0 saturated carbocycles. The second kappa shape index (κ2) is 8.73. The van der Waals surface area contributed by atoms with E-state index in [1.165, 1.54) is 26.8 Å². The number of carbonyl (C=O) groups excluding carboxylic acids is 3. The number of benzene rings is 1. The molecule has 176 valence electrons. The van der Waals surface area contributed by atoms with Gasteiger partial charge in [0.25, 0.3) is 0 Å². The van der Waals surface area contributed by atoms with E-state index in [2.05, 4.69) is 5.32 Å². The van der Waals surface area contributed by atoms with Crippen LogP contribution in [-0.4, -0.2) is 45.2 Å². The number of Topliss-reactive ketones (excluding diaryl/α,β-unsaturated/α-hetero) is 2. The fourth-order valence-electron chi connectivity index (χ4n) is 4.30. The molecule has 3 rings (SSSR count).